The summed E-state index contributed by atoms with van der Waals surface area (Å²) < 4.78 is 1.65. The molecule has 2 aliphatic heterocycles. The lowest BCUT2D eigenvalue weighted by Gasteiger charge is -2.35. The van der Waals surface area contributed by atoms with Gasteiger partial charge in [0.1, 0.15) is 6.33 Å². The molecule has 29 heavy (non-hydrogen) atoms. The molecule has 148 valence electrons. The maximum Gasteiger partial charge on any atom is 0.255 e. The van der Waals surface area contributed by atoms with E-state index in [2.05, 4.69) is 50.1 Å². The van der Waals surface area contributed by atoms with Crippen LogP contribution in [0.3, 0.4) is 0 Å². The van der Waals surface area contributed by atoms with Crippen molar-refractivity contribution in [2.24, 2.45) is 7.05 Å². The summed E-state index contributed by atoms with van der Waals surface area (Å²) in [7, 11) is 1.80. The number of nitrogens with zero attached hydrogens (tertiary/aromatic N) is 6. The number of likely N-dealkylation sites (tertiary alicyclic amines) is 1. The van der Waals surface area contributed by atoms with Gasteiger partial charge >= 0.3 is 0 Å². The number of fused-ring (bicyclic) bond motifs is 2. The van der Waals surface area contributed by atoms with Crippen LogP contribution in [0, 0.1) is 0 Å². The minimum absolute atomic E-state index is 0.0627. The van der Waals surface area contributed by atoms with Crippen LogP contribution in [-0.4, -0.2) is 56.1 Å². The number of anilines is 1. The molecular weight excluding hydrogens is 364 g/mol. The molecule has 2 saturated heterocycles. The van der Waals surface area contributed by atoms with Gasteiger partial charge < -0.3 is 4.90 Å². The fourth-order valence-corrected chi connectivity index (χ4v) is 4.54. The average molecular weight is 388 g/mol. The van der Waals surface area contributed by atoms with Gasteiger partial charge in [-0.3, -0.25) is 14.3 Å². The lowest BCUT2D eigenvalue weighted by atomic mass is 10.1. The predicted octanol–water partition coefficient (Wildman–Crippen LogP) is 1.74. The summed E-state index contributed by atoms with van der Waals surface area (Å²) in [5.41, 5.74) is 2.60. The third-order valence-electron chi connectivity index (χ3n) is 6.10. The monoisotopic (exact) mass is 388 g/mol. The summed E-state index contributed by atoms with van der Waals surface area (Å²) in [5.74, 6) is 0.737. The third kappa shape index (κ3) is 3.42. The second-order valence-corrected chi connectivity index (χ2v) is 7.86. The van der Waals surface area contributed by atoms with E-state index in [1.807, 2.05) is 0 Å². The highest BCUT2D eigenvalue weighted by atomic mass is 16.1. The highest BCUT2D eigenvalue weighted by Gasteiger charge is 2.44. The molecule has 2 atom stereocenters. The van der Waals surface area contributed by atoms with Gasteiger partial charge in [-0.15, -0.1) is 0 Å². The average Bonchev–Trinajstić information content (AvgIpc) is 3.36. The summed E-state index contributed by atoms with van der Waals surface area (Å²) in [4.78, 5) is 30.5. The van der Waals surface area contributed by atoms with E-state index >= 15 is 0 Å². The van der Waals surface area contributed by atoms with Crippen LogP contribution in [0.4, 0.5) is 5.95 Å². The first-order valence-corrected chi connectivity index (χ1v) is 10.1. The third-order valence-corrected chi connectivity index (χ3v) is 6.10. The topological polar surface area (TPSA) is 67.2 Å². The molecule has 0 radical (unpaired) electrons. The Morgan fingerprint density at radius 2 is 1.93 bits per heavy atom. The Morgan fingerprint density at radius 1 is 1.07 bits per heavy atom. The fourth-order valence-electron chi connectivity index (χ4n) is 4.54. The van der Waals surface area contributed by atoms with Gasteiger partial charge in [0.05, 0.1) is 11.4 Å². The molecule has 3 aromatic rings. The Labute approximate surface area is 169 Å². The van der Waals surface area contributed by atoms with Crippen molar-refractivity contribution in [1.82, 2.24) is 24.4 Å². The van der Waals surface area contributed by atoms with Crippen LogP contribution in [0.2, 0.25) is 0 Å². The van der Waals surface area contributed by atoms with Crippen molar-refractivity contribution in [1.29, 1.82) is 0 Å². The molecule has 0 amide bonds. The Kier molecular flexibility index (Phi) is 4.60. The van der Waals surface area contributed by atoms with E-state index in [0.29, 0.717) is 23.5 Å². The van der Waals surface area contributed by atoms with Gasteiger partial charge in [-0.25, -0.2) is 15.0 Å². The van der Waals surface area contributed by atoms with Crippen molar-refractivity contribution in [3.63, 3.8) is 0 Å². The number of aromatic nitrogens is 4. The van der Waals surface area contributed by atoms with Crippen molar-refractivity contribution >= 4 is 5.95 Å². The second kappa shape index (κ2) is 7.40. The lowest BCUT2D eigenvalue weighted by Crippen LogP contribution is -2.48. The summed E-state index contributed by atoms with van der Waals surface area (Å²) in [6.45, 7) is 3.00. The van der Waals surface area contributed by atoms with Crippen LogP contribution in [0.25, 0.3) is 11.4 Å². The van der Waals surface area contributed by atoms with Gasteiger partial charge in [-0.1, -0.05) is 30.3 Å². The number of rotatable bonds is 5. The molecule has 0 N–H and O–H groups in total. The van der Waals surface area contributed by atoms with Crippen LogP contribution in [0.1, 0.15) is 12.0 Å². The molecule has 2 bridgehead atoms. The Morgan fingerprint density at radius 3 is 2.66 bits per heavy atom. The molecule has 2 fully saturated rings. The summed E-state index contributed by atoms with van der Waals surface area (Å²) >= 11 is 0. The molecule has 0 saturated carbocycles. The minimum atomic E-state index is -0.0627. The molecule has 5 rings (SSSR count). The molecule has 2 aromatic heterocycles. The van der Waals surface area contributed by atoms with Crippen molar-refractivity contribution in [2.75, 3.05) is 24.5 Å². The number of hydrogen-bond acceptors (Lipinski definition) is 6. The zero-order valence-corrected chi connectivity index (χ0v) is 16.5. The van der Waals surface area contributed by atoms with Crippen LogP contribution in [-0.2, 0) is 13.5 Å². The van der Waals surface area contributed by atoms with Crippen LogP contribution >= 0.6 is 0 Å². The van der Waals surface area contributed by atoms with Crippen molar-refractivity contribution < 1.29 is 0 Å². The maximum absolute atomic E-state index is 12.6. The zero-order valence-electron chi connectivity index (χ0n) is 16.5. The van der Waals surface area contributed by atoms with E-state index in [1.165, 1.54) is 11.9 Å². The Bertz CT molecular complexity index is 1050. The Balaban J connectivity index is 1.34. The van der Waals surface area contributed by atoms with Crippen molar-refractivity contribution in [3.8, 4) is 11.4 Å². The van der Waals surface area contributed by atoms with Crippen LogP contribution < -0.4 is 10.5 Å². The molecule has 1 unspecified atom stereocenters. The highest BCUT2D eigenvalue weighted by molar-refractivity contribution is 5.55. The first-order valence-electron chi connectivity index (χ1n) is 10.1. The van der Waals surface area contributed by atoms with Crippen LogP contribution in [0.15, 0.2) is 59.8 Å². The van der Waals surface area contributed by atoms with E-state index in [1.54, 1.807) is 29.9 Å². The first-order chi connectivity index (χ1) is 14.2. The van der Waals surface area contributed by atoms with E-state index in [0.717, 1.165) is 38.4 Å². The molecule has 1 aromatic carbocycles. The summed E-state index contributed by atoms with van der Waals surface area (Å²) in [6, 6.07) is 14.9. The smallest absolute Gasteiger partial charge is 0.255 e. The number of piperazine rings is 1. The maximum atomic E-state index is 12.6. The Hall–Kier alpha value is -3.06. The van der Waals surface area contributed by atoms with Gasteiger partial charge in [-0.05, 0) is 24.5 Å². The number of hydrogen-bond donors (Lipinski definition) is 0. The van der Waals surface area contributed by atoms with Gasteiger partial charge in [0.2, 0.25) is 5.95 Å². The van der Waals surface area contributed by atoms with Crippen molar-refractivity contribution in [2.45, 2.75) is 24.9 Å². The molecule has 4 heterocycles. The molecule has 0 aliphatic carbocycles. The van der Waals surface area contributed by atoms with Gasteiger partial charge in [0.15, 0.2) is 0 Å². The molecule has 7 nitrogen and oxygen atoms in total. The molecule has 2 aliphatic rings. The zero-order chi connectivity index (χ0) is 19.8. The molecule has 7 heteroatoms. The SMILES string of the molecule is Cn1c(N2CC3C[C@H]2CN3CCc2ccccc2)nc(-c2ccncn2)cc1=O. The second-order valence-electron chi connectivity index (χ2n) is 7.86. The van der Waals surface area contributed by atoms with Crippen molar-refractivity contribution in [3.05, 3.63) is 70.9 Å². The number of benzene rings is 1. The van der Waals surface area contributed by atoms with E-state index < -0.39 is 0 Å². The molecular formula is C22H24N6O. The predicted molar refractivity (Wildman–Crippen MR) is 112 cm³/mol. The first kappa shape index (κ1) is 18.0. The summed E-state index contributed by atoms with van der Waals surface area (Å²) in [5, 5.41) is 0. The van der Waals surface area contributed by atoms with E-state index in [4.69, 9.17) is 4.98 Å². The standard InChI is InChI=1S/C22H24N6O/c1-26-21(29)12-20(19-7-9-23-15-24-19)25-22(26)28-14-17-11-18(28)13-27(17)10-8-16-5-3-2-4-6-16/h2-7,9,12,15,17-18H,8,10-11,13-14H2,1H3/t17?,18-/m0/s1. The van der Waals surface area contributed by atoms with Gasteiger partial charge in [0, 0.05) is 51.0 Å². The van der Waals surface area contributed by atoms with Gasteiger partial charge in [-0.2, -0.15) is 0 Å². The highest BCUT2D eigenvalue weighted by Crippen LogP contribution is 2.33. The van der Waals surface area contributed by atoms with E-state index in [-0.39, 0.29) is 5.56 Å². The fraction of sp³-hybridized carbons (Fsp3) is 0.364. The van der Waals surface area contributed by atoms with Crippen LogP contribution in [0.5, 0.6) is 0 Å². The van der Waals surface area contributed by atoms with E-state index in [9.17, 15) is 4.79 Å². The van der Waals surface area contributed by atoms with Gasteiger partial charge in [0.25, 0.3) is 5.56 Å². The molecule has 0 spiro atoms. The summed E-state index contributed by atoms with van der Waals surface area (Å²) in [6.07, 6.45) is 5.35. The normalized spacial score (nSPS) is 21.1. The lowest BCUT2D eigenvalue weighted by molar-refractivity contribution is 0.240. The quantitative estimate of drug-likeness (QED) is 0.663. The largest absolute Gasteiger partial charge is 0.336 e. The minimum Gasteiger partial charge on any atom is -0.336 e.